The van der Waals surface area contributed by atoms with Crippen LogP contribution in [0.5, 0.6) is 0 Å². The molecule has 0 radical (unpaired) electrons. The summed E-state index contributed by atoms with van der Waals surface area (Å²) >= 11 is 0. The van der Waals surface area contributed by atoms with Gasteiger partial charge in [-0.15, -0.1) is 0 Å². The first-order valence-electron chi connectivity index (χ1n) is 21.8. The lowest BCUT2D eigenvalue weighted by Gasteiger charge is -2.21. The van der Waals surface area contributed by atoms with E-state index in [1.165, 1.54) is 154 Å². The Kier molecular flexibility index (Phi) is 39.2. The molecule has 0 aliphatic rings. The minimum absolute atomic E-state index is 0.00493. The molecule has 0 rings (SSSR count). The van der Waals surface area contributed by atoms with Gasteiger partial charge in [-0.2, -0.15) is 0 Å². The Morgan fingerprint density at radius 2 is 0.860 bits per heavy atom. The second-order valence-electron chi connectivity index (χ2n) is 14.9. The van der Waals surface area contributed by atoms with E-state index in [9.17, 15) is 20.1 Å². The minimum atomic E-state index is -0.957. The van der Waals surface area contributed by atoms with Crippen molar-refractivity contribution in [3.63, 3.8) is 0 Å². The molecule has 0 aromatic rings. The summed E-state index contributed by atoms with van der Waals surface area (Å²) in [5.74, 6) is -0.328. The fourth-order valence-electron chi connectivity index (χ4n) is 6.55. The van der Waals surface area contributed by atoms with Crippen molar-refractivity contribution in [1.29, 1.82) is 0 Å². The summed E-state index contributed by atoms with van der Waals surface area (Å²) in [6, 6.07) is -0.764. The lowest BCUT2D eigenvalue weighted by atomic mass is 10.0. The third-order valence-corrected chi connectivity index (χ3v) is 9.91. The number of carbonyl (C=O) groups excluding carboxylic acids is 1. The number of amides is 1. The van der Waals surface area contributed by atoms with Crippen LogP contribution in [0, 0.1) is 0 Å². The van der Waals surface area contributed by atoms with Crippen LogP contribution in [0.2, 0.25) is 0 Å². The van der Waals surface area contributed by atoms with Crippen molar-refractivity contribution in [2.45, 2.75) is 238 Å². The van der Waals surface area contributed by atoms with Gasteiger partial charge in [-0.25, -0.2) is 0 Å². The van der Waals surface area contributed by atoms with Crippen molar-refractivity contribution < 1.29 is 20.1 Å². The van der Waals surface area contributed by atoms with Crippen LogP contribution in [0.15, 0.2) is 36.5 Å². The van der Waals surface area contributed by atoms with Crippen molar-refractivity contribution in [2.24, 2.45) is 0 Å². The Balaban J connectivity index is 3.67. The molecule has 0 bridgehead atoms. The highest BCUT2D eigenvalue weighted by molar-refractivity contribution is 5.76. The summed E-state index contributed by atoms with van der Waals surface area (Å²) < 4.78 is 0. The number of allylic oxidation sites excluding steroid dienone is 5. The Morgan fingerprint density at radius 1 is 0.500 bits per heavy atom. The molecule has 0 fully saturated rings. The molecule has 0 saturated heterocycles. The molecule has 0 aliphatic heterocycles. The largest absolute Gasteiger partial charge is 0.394 e. The zero-order valence-electron chi connectivity index (χ0n) is 33.3. The molecule has 0 aromatic heterocycles. The van der Waals surface area contributed by atoms with Crippen molar-refractivity contribution in [3.05, 3.63) is 36.5 Å². The van der Waals surface area contributed by atoms with Gasteiger partial charge >= 0.3 is 0 Å². The third-order valence-electron chi connectivity index (χ3n) is 9.91. The van der Waals surface area contributed by atoms with Crippen molar-refractivity contribution in [2.75, 3.05) is 6.61 Å². The maximum atomic E-state index is 12.4. The molecule has 0 aliphatic carbocycles. The Labute approximate surface area is 311 Å². The molecule has 0 saturated carbocycles. The van der Waals surface area contributed by atoms with Gasteiger partial charge in [0.2, 0.25) is 5.91 Å². The molecule has 1 amide bonds. The minimum Gasteiger partial charge on any atom is -0.394 e. The zero-order chi connectivity index (χ0) is 36.6. The molecular formula is C45H85NO4. The number of rotatable bonds is 39. The molecule has 294 valence electrons. The van der Waals surface area contributed by atoms with E-state index < -0.39 is 18.2 Å². The summed E-state index contributed by atoms with van der Waals surface area (Å²) in [6.45, 7) is 4.18. The summed E-state index contributed by atoms with van der Waals surface area (Å²) in [7, 11) is 0. The predicted molar refractivity (Wildman–Crippen MR) is 218 cm³/mol. The summed E-state index contributed by atoms with van der Waals surface area (Å²) in [5, 5.41) is 33.1. The van der Waals surface area contributed by atoms with E-state index in [1.54, 1.807) is 6.08 Å². The molecule has 4 N–H and O–H groups in total. The Bertz CT molecular complexity index is 779. The van der Waals surface area contributed by atoms with Crippen LogP contribution in [-0.2, 0) is 4.79 Å². The van der Waals surface area contributed by atoms with Crippen LogP contribution in [0.1, 0.15) is 219 Å². The molecule has 50 heavy (non-hydrogen) atoms. The van der Waals surface area contributed by atoms with Crippen LogP contribution < -0.4 is 5.32 Å². The first kappa shape index (κ1) is 48.6. The average molecular weight is 704 g/mol. The van der Waals surface area contributed by atoms with Gasteiger partial charge in [0.25, 0.3) is 0 Å². The van der Waals surface area contributed by atoms with Crippen molar-refractivity contribution in [1.82, 2.24) is 5.32 Å². The molecule has 5 nitrogen and oxygen atoms in total. The summed E-state index contributed by atoms with van der Waals surface area (Å²) in [4.78, 5) is 12.4. The van der Waals surface area contributed by atoms with E-state index in [-0.39, 0.29) is 18.9 Å². The van der Waals surface area contributed by atoms with Crippen LogP contribution in [0.3, 0.4) is 0 Å². The van der Waals surface area contributed by atoms with Crippen molar-refractivity contribution in [3.8, 4) is 0 Å². The lowest BCUT2D eigenvalue weighted by molar-refractivity contribution is -0.124. The fourth-order valence-corrected chi connectivity index (χ4v) is 6.55. The highest BCUT2D eigenvalue weighted by Gasteiger charge is 2.20. The smallest absolute Gasteiger partial charge is 0.222 e. The van der Waals surface area contributed by atoms with E-state index in [0.29, 0.717) is 6.42 Å². The second kappa shape index (κ2) is 40.3. The van der Waals surface area contributed by atoms with E-state index in [0.717, 1.165) is 38.5 Å². The van der Waals surface area contributed by atoms with Gasteiger partial charge < -0.3 is 20.6 Å². The molecule has 3 atom stereocenters. The van der Waals surface area contributed by atoms with Crippen LogP contribution in [0.25, 0.3) is 0 Å². The van der Waals surface area contributed by atoms with Crippen molar-refractivity contribution >= 4 is 5.91 Å². The van der Waals surface area contributed by atoms with Gasteiger partial charge in [-0.1, -0.05) is 204 Å². The Hall–Kier alpha value is -1.43. The number of carbonyl (C=O) groups is 1. The first-order valence-corrected chi connectivity index (χ1v) is 21.8. The number of nitrogens with one attached hydrogen (secondary N) is 1. The summed E-state index contributed by atoms with van der Waals surface area (Å²) in [5.41, 5.74) is 0. The van der Waals surface area contributed by atoms with Crippen LogP contribution in [0.4, 0.5) is 0 Å². The fraction of sp³-hybridized carbons (Fsp3) is 0.844. The number of hydrogen-bond donors (Lipinski definition) is 4. The quantitative estimate of drug-likeness (QED) is 0.0379. The van der Waals surface area contributed by atoms with Crippen LogP contribution in [-0.4, -0.2) is 46.1 Å². The second-order valence-corrected chi connectivity index (χ2v) is 14.9. The number of aliphatic hydroxyl groups excluding tert-OH is 3. The standard InChI is InChI=1S/C45H85NO4/c1-3-5-7-9-11-13-15-17-19-20-21-22-23-24-25-26-28-30-32-34-36-38-42(48)40-45(50)46-43(41-47)44(49)39-37-35-33-31-29-27-18-16-14-12-10-8-6-4-2/h14,16,29,31,37,39,42-44,47-49H,3-13,15,17-28,30,32-36,38,40-41H2,1-2H3,(H,46,50)/b16-14+,31-29+,39-37+. The van der Waals surface area contributed by atoms with E-state index in [1.807, 2.05) is 6.08 Å². The molecule has 0 aromatic carbocycles. The Morgan fingerprint density at radius 3 is 1.28 bits per heavy atom. The number of aliphatic hydroxyl groups is 3. The first-order chi connectivity index (χ1) is 24.5. The van der Waals surface area contributed by atoms with E-state index >= 15 is 0 Å². The predicted octanol–water partition coefficient (Wildman–Crippen LogP) is 12.4. The monoisotopic (exact) mass is 704 g/mol. The molecule has 0 heterocycles. The third kappa shape index (κ3) is 36.4. The lowest BCUT2D eigenvalue weighted by Crippen LogP contribution is -2.45. The molecule has 0 spiro atoms. The van der Waals surface area contributed by atoms with Gasteiger partial charge in [-0.05, 0) is 44.9 Å². The number of unbranched alkanes of at least 4 members (excludes halogenated alkanes) is 26. The van der Waals surface area contributed by atoms with Gasteiger partial charge in [-0.3, -0.25) is 4.79 Å². The molecule has 5 heteroatoms. The van der Waals surface area contributed by atoms with Crippen LogP contribution >= 0.6 is 0 Å². The van der Waals surface area contributed by atoms with E-state index in [2.05, 4.69) is 43.5 Å². The van der Waals surface area contributed by atoms with Gasteiger partial charge in [0.1, 0.15) is 0 Å². The SMILES string of the molecule is CCCCCC/C=C/CC/C=C/CC/C=C/C(O)C(CO)NC(=O)CC(O)CCCCCCCCCCCCCCCCCCCCCCC. The average Bonchev–Trinajstić information content (AvgIpc) is 3.11. The van der Waals surface area contributed by atoms with Gasteiger partial charge in [0, 0.05) is 0 Å². The molecule has 3 unspecified atom stereocenters. The van der Waals surface area contributed by atoms with Gasteiger partial charge in [0.15, 0.2) is 0 Å². The van der Waals surface area contributed by atoms with E-state index in [4.69, 9.17) is 0 Å². The maximum absolute atomic E-state index is 12.4. The normalized spacial score (nSPS) is 13.9. The zero-order valence-corrected chi connectivity index (χ0v) is 33.3. The van der Waals surface area contributed by atoms with Gasteiger partial charge in [0.05, 0.1) is 31.3 Å². The highest BCUT2D eigenvalue weighted by atomic mass is 16.3. The summed E-state index contributed by atoms with van der Waals surface area (Å²) in [6.07, 6.45) is 50.0. The molecular weight excluding hydrogens is 618 g/mol. The highest BCUT2D eigenvalue weighted by Crippen LogP contribution is 2.16. The maximum Gasteiger partial charge on any atom is 0.222 e. The topological polar surface area (TPSA) is 89.8 Å². The number of hydrogen-bond acceptors (Lipinski definition) is 4.